The van der Waals surface area contributed by atoms with Gasteiger partial charge in [-0.2, -0.15) is 0 Å². The number of aromatic nitrogens is 1. The van der Waals surface area contributed by atoms with Crippen LogP contribution in [0.5, 0.6) is 0 Å². The lowest BCUT2D eigenvalue weighted by molar-refractivity contribution is 0.0953. The number of amides is 1. The van der Waals surface area contributed by atoms with E-state index >= 15 is 0 Å². The minimum absolute atomic E-state index is 0.0563. The topological polar surface area (TPSA) is 54.0 Å². The minimum Gasteiger partial charge on any atom is -0.366 e. The van der Waals surface area contributed by atoms with E-state index < -0.39 is 0 Å². The molecule has 4 heteroatoms. The van der Waals surface area contributed by atoms with E-state index in [0.717, 1.165) is 18.8 Å². The second-order valence-corrected chi connectivity index (χ2v) is 6.89. The molecule has 0 bridgehead atoms. The maximum Gasteiger partial charge on any atom is 0.252 e. The normalized spacial score (nSPS) is 13.8. The van der Waals surface area contributed by atoms with Crippen LogP contribution >= 0.6 is 0 Å². The molecule has 136 valence electrons. The summed E-state index contributed by atoms with van der Waals surface area (Å²) in [6.45, 7) is 3.49. The maximum absolute atomic E-state index is 12.2. The van der Waals surface area contributed by atoms with Crippen molar-refractivity contribution in [2.45, 2.75) is 45.6 Å². The fraction of sp³-hybridized carbons (Fsp3) is 0.364. The predicted octanol–water partition coefficient (Wildman–Crippen LogP) is 4.62. The highest BCUT2D eigenvalue weighted by molar-refractivity contribution is 5.94. The van der Waals surface area contributed by atoms with Crippen LogP contribution in [0.1, 0.15) is 53.6 Å². The lowest BCUT2D eigenvalue weighted by atomic mass is 9.97. The van der Waals surface area contributed by atoms with Crippen molar-refractivity contribution in [3.8, 4) is 0 Å². The van der Waals surface area contributed by atoms with Crippen LogP contribution in [0.2, 0.25) is 0 Å². The van der Waals surface area contributed by atoms with E-state index in [4.69, 9.17) is 0 Å². The molecule has 0 aliphatic heterocycles. The number of nitrogens with one attached hydrogen (secondary N) is 2. The number of aryl methyl sites for hydroxylation is 1. The van der Waals surface area contributed by atoms with Gasteiger partial charge in [0.1, 0.15) is 5.82 Å². The van der Waals surface area contributed by atoms with Crippen molar-refractivity contribution in [3.63, 3.8) is 0 Å². The van der Waals surface area contributed by atoms with E-state index in [2.05, 4.69) is 52.9 Å². The third kappa shape index (κ3) is 5.45. The molecule has 2 aromatic rings. The number of hydrogen-bond donors (Lipinski definition) is 2. The zero-order valence-corrected chi connectivity index (χ0v) is 15.4. The standard InChI is InChI=1S/C22H27N3O/c1-17-6-5-9-19(14-17)15-24-21-11-10-20(16-25-21)22(26)23-13-12-18-7-3-2-4-8-18/h5-7,9-11,14,16H,2-4,8,12-13,15H2,1H3,(H,23,26)(H,24,25). The Labute approximate surface area is 155 Å². The zero-order valence-electron chi connectivity index (χ0n) is 15.4. The van der Waals surface area contributed by atoms with E-state index in [-0.39, 0.29) is 5.91 Å². The Balaban J connectivity index is 1.45. The Morgan fingerprint density at radius 1 is 1.19 bits per heavy atom. The summed E-state index contributed by atoms with van der Waals surface area (Å²) in [7, 11) is 0. The molecule has 26 heavy (non-hydrogen) atoms. The van der Waals surface area contributed by atoms with Gasteiger partial charge in [-0.1, -0.05) is 41.5 Å². The van der Waals surface area contributed by atoms with Gasteiger partial charge in [-0.3, -0.25) is 4.79 Å². The summed E-state index contributed by atoms with van der Waals surface area (Å²) in [5, 5.41) is 6.28. The molecular weight excluding hydrogens is 322 g/mol. The number of benzene rings is 1. The summed E-state index contributed by atoms with van der Waals surface area (Å²) in [6.07, 6.45) is 9.85. The van der Waals surface area contributed by atoms with Crippen LogP contribution in [0.15, 0.2) is 54.2 Å². The second-order valence-electron chi connectivity index (χ2n) is 6.89. The van der Waals surface area contributed by atoms with Crippen molar-refractivity contribution >= 4 is 11.7 Å². The molecule has 0 unspecified atom stereocenters. The monoisotopic (exact) mass is 349 g/mol. The molecule has 0 fully saturated rings. The first-order valence-electron chi connectivity index (χ1n) is 9.42. The van der Waals surface area contributed by atoms with Crippen LogP contribution < -0.4 is 10.6 Å². The van der Waals surface area contributed by atoms with E-state index in [1.54, 1.807) is 6.20 Å². The summed E-state index contributed by atoms with van der Waals surface area (Å²) in [6, 6.07) is 12.0. The van der Waals surface area contributed by atoms with Gasteiger partial charge in [-0.15, -0.1) is 0 Å². The van der Waals surface area contributed by atoms with Gasteiger partial charge < -0.3 is 10.6 Å². The largest absolute Gasteiger partial charge is 0.366 e. The third-order valence-electron chi connectivity index (χ3n) is 4.70. The molecular formula is C22H27N3O. The summed E-state index contributed by atoms with van der Waals surface area (Å²) in [5.74, 6) is 0.717. The molecule has 0 saturated heterocycles. The van der Waals surface area contributed by atoms with Gasteiger partial charge in [0.05, 0.1) is 5.56 Å². The van der Waals surface area contributed by atoms with Crippen molar-refractivity contribution in [3.05, 3.63) is 70.9 Å². The van der Waals surface area contributed by atoms with Crippen LogP contribution in [0.3, 0.4) is 0 Å². The summed E-state index contributed by atoms with van der Waals surface area (Å²) < 4.78 is 0. The van der Waals surface area contributed by atoms with Crippen LogP contribution in [0.4, 0.5) is 5.82 Å². The number of nitrogens with zero attached hydrogens (tertiary/aromatic N) is 1. The van der Waals surface area contributed by atoms with Crippen LogP contribution in [-0.2, 0) is 6.54 Å². The van der Waals surface area contributed by atoms with Gasteiger partial charge in [0.25, 0.3) is 5.91 Å². The van der Waals surface area contributed by atoms with Crippen LogP contribution in [0, 0.1) is 6.92 Å². The Hall–Kier alpha value is -2.62. The molecule has 1 aromatic carbocycles. The Bertz CT molecular complexity index is 765. The predicted molar refractivity (Wildman–Crippen MR) is 106 cm³/mol. The summed E-state index contributed by atoms with van der Waals surface area (Å²) in [5.41, 5.74) is 4.54. The molecule has 1 aliphatic carbocycles. The molecule has 0 saturated carbocycles. The number of carbonyl (C=O) groups excluding carboxylic acids is 1. The first-order chi connectivity index (χ1) is 12.7. The van der Waals surface area contributed by atoms with Gasteiger partial charge in [0.15, 0.2) is 0 Å². The molecule has 4 nitrogen and oxygen atoms in total. The van der Waals surface area contributed by atoms with Crippen LogP contribution in [0.25, 0.3) is 0 Å². The lowest BCUT2D eigenvalue weighted by Crippen LogP contribution is -2.25. The molecule has 0 radical (unpaired) electrons. The Morgan fingerprint density at radius 3 is 2.85 bits per heavy atom. The Morgan fingerprint density at radius 2 is 2.12 bits per heavy atom. The lowest BCUT2D eigenvalue weighted by Gasteiger charge is -2.13. The Kier molecular flexibility index (Phi) is 6.42. The van der Waals surface area contributed by atoms with Crippen LogP contribution in [-0.4, -0.2) is 17.4 Å². The van der Waals surface area contributed by atoms with Crippen molar-refractivity contribution < 1.29 is 4.79 Å². The van der Waals surface area contributed by atoms with Gasteiger partial charge in [0.2, 0.25) is 0 Å². The molecule has 1 aliphatic rings. The SMILES string of the molecule is Cc1cccc(CNc2ccc(C(=O)NCCC3=CCCCC3)cn2)c1. The first-order valence-corrected chi connectivity index (χ1v) is 9.42. The number of carbonyl (C=O) groups is 1. The second kappa shape index (κ2) is 9.18. The van der Waals surface area contributed by atoms with E-state index in [0.29, 0.717) is 12.1 Å². The summed E-state index contributed by atoms with van der Waals surface area (Å²) in [4.78, 5) is 16.6. The average Bonchev–Trinajstić information content (AvgIpc) is 2.68. The van der Waals surface area contributed by atoms with Crippen molar-refractivity contribution in [2.75, 3.05) is 11.9 Å². The molecule has 0 atom stereocenters. The molecule has 1 heterocycles. The fourth-order valence-electron chi connectivity index (χ4n) is 3.22. The number of pyridine rings is 1. The van der Waals surface area contributed by atoms with E-state index in [1.807, 2.05) is 12.1 Å². The van der Waals surface area contributed by atoms with Gasteiger partial charge in [-0.05, 0) is 56.7 Å². The fourth-order valence-corrected chi connectivity index (χ4v) is 3.22. The highest BCUT2D eigenvalue weighted by Crippen LogP contribution is 2.19. The molecule has 1 amide bonds. The number of anilines is 1. The number of hydrogen-bond acceptors (Lipinski definition) is 3. The van der Waals surface area contributed by atoms with E-state index in [1.165, 1.54) is 42.4 Å². The zero-order chi connectivity index (χ0) is 18.2. The van der Waals surface area contributed by atoms with Crippen molar-refractivity contribution in [1.82, 2.24) is 10.3 Å². The maximum atomic E-state index is 12.2. The smallest absolute Gasteiger partial charge is 0.252 e. The first kappa shape index (κ1) is 18.2. The molecule has 2 N–H and O–H groups in total. The molecule has 1 aromatic heterocycles. The van der Waals surface area contributed by atoms with E-state index in [9.17, 15) is 4.79 Å². The number of allylic oxidation sites excluding steroid dienone is 1. The third-order valence-corrected chi connectivity index (χ3v) is 4.70. The van der Waals surface area contributed by atoms with Crippen molar-refractivity contribution in [2.24, 2.45) is 0 Å². The van der Waals surface area contributed by atoms with Gasteiger partial charge in [-0.25, -0.2) is 4.98 Å². The molecule has 0 spiro atoms. The highest BCUT2D eigenvalue weighted by atomic mass is 16.1. The minimum atomic E-state index is -0.0563. The van der Waals surface area contributed by atoms with Gasteiger partial charge in [0, 0.05) is 19.3 Å². The quantitative estimate of drug-likeness (QED) is 0.717. The van der Waals surface area contributed by atoms with Gasteiger partial charge >= 0.3 is 0 Å². The number of rotatable bonds is 7. The van der Waals surface area contributed by atoms with Crippen molar-refractivity contribution in [1.29, 1.82) is 0 Å². The molecule has 3 rings (SSSR count). The highest BCUT2D eigenvalue weighted by Gasteiger charge is 2.08. The summed E-state index contributed by atoms with van der Waals surface area (Å²) >= 11 is 0. The average molecular weight is 349 g/mol.